The zero-order chi connectivity index (χ0) is 26.5. The Morgan fingerprint density at radius 1 is 0.912 bits per heavy atom. The molecule has 198 valence electrons. The molecule has 0 spiro atoms. The molecule has 0 amide bonds. The monoisotopic (exact) mass is 498 g/mol. The van der Waals surface area contributed by atoms with Crippen molar-refractivity contribution in [2.45, 2.75) is 110 Å². The van der Waals surface area contributed by atoms with E-state index in [1.54, 1.807) is 13.0 Å². The molecule has 7 heteroatoms. The number of hydrogen-bond donors (Lipinski definition) is 1. The average Bonchev–Trinajstić information content (AvgIpc) is 2.76. The van der Waals surface area contributed by atoms with E-state index in [2.05, 4.69) is 41.5 Å². The van der Waals surface area contributed by atoms with Crippen LogP contribution >= 0.6 is 0 Å². The molecule has 0 aromatic carbocycles. The number of allylic oxidation sites excluding steroid dienone is 3. The van der Waals surface area contributed by atoms with Crippen LogP contribution in [0.2, 0.25) is 16.6 Å². The van der Waals surface area contributed by atoms with Gasteiger partial charge in [0.25, 0.3) is 0 Å². The van der Waals surface area contributed by atoms with Gasteiger partial charge < -0.3 is 19.0 Å². The van der Waals surface area contributed by atoms with Crippen molar-refractivity contribution >= 4 is 20.3 Å². The van der Waals surface area contributed by atoms with Crippen LogP contribution in [0.4, 0.5) is 0 Å². The summed E-state index contributed by atoms with van der Waals surface area (Å²) in [5.74, 6) is -1.14. The predicted molar refractivity (Wildman–Crippen MR) is 141 cm³/mol. The summed E-state index contributed by atoms with van der Waals surface area (Å²) >= 11 is 0. The van der Waals surface area contributed by atoms with Crippen LogP contribution in [0.25, 0.3) is 0 Å². The van der Waals surface area contributed by atoms with Gasteiger partial charge in [-0.2, -0.15) is 0 Å². The van der Waals surface area contributed by atoms with Crippen LogP contribution in [0, 0.1) is 5.41 Å². The Morgan fingerprint density at radius 2 is 1.41 bits per heavy atom. The highest BCUT2D eigenvalue weighted by atomic mass is 28.4. The molecule has 0 aliphatic carbocycles. The molecule has 0 aromatic heterocycles. The maximum Gasteiger partial charge on any atom is 0.323 e. The zero-order valence-electron chi connectivity index (χ0n) is 23.3. The lowest BCUT2D eigenvalue weighted by Gasteiger charge is -2.42. The Balaban J connectivity index is 5.46. The summed E-state index contributed by atoms with van der Waals surface area (Å²) in [5, 5.41) is 9.38. The van der Waals surface area contributed by atoms with Gasteiger partial charge in [0, 0.05) is 6.61 Å². The Hall–Kier alpha value is -1.44. The van der Waals surface area contributed by atoms with E-state index in [-0.39, 0.29) is 6.42 Å². The molecule has 0 aliphatic heterocycles. The summed E-state index contributed by atoms with van der Waals surface area (Å²) < 4.78 is 16.7. The van der Waals surface area contributed by atoms with Gasteiger partial charge in [-0.05, 0) is 62.6 Å². The predicted octanol–water partition coefficient (Wildman–Crippen LogP) is 6.34. The molecule has 0 heterocycles. The van der Waals surface area contributed by atoms with Crippen LogP contribution < -0.4 is 0 Å². The number of aliphatic hydroxyl groups excluding tert-OH is 1. The lowest BCUT2D eigenvalue weighted by Crippen LogP contribution is -2.48. The van der Waals surface area contributed by atoms with E-state index in [4.69, 9.17) is 13.9 Å². The largest absolute Gasteiger partial charge is 0.468 e. The lowest BCUT2D eigenvalue weighted by atomic mass is 9.79. The van der Waals surface area contributed by atoms with Gasteiger partial charge in [0.1, 0.15) is 0 Å². The number of rotatable bonds is 16. The van der Waals surface area contributed by atoms with Crippen LogP contribution in [0.15, 0.2) is 23.8 Å². The van der Waals surface area contributed by atoms with Gasteiger partial charge in [-0.1, -0.05) is 65.3 Å². The second-order valence-corrected chi connectivity index (χ2v) is 15.8. The Kier molecular flexibility index (Phi) is 14.9. The van der Waals surface area contributed by atoms with Gasteiger partial charge >= 0.3 is 11.9 Å². The van der Waals surface area contributed by atoms with Crippen LogP contribution in [-0.4, -0.2) is 52.3 Å². The van der Waals surface area contributed by atoms with Crippen LogP contribution in [0.3, 0.4) is 0 Å². The number of aliphatic hydroxyl groups is 1. The molecule has 0 fully saturated rings. The van der Waals surface area contributed by atoms with Crippen molar-refractivity contribution in [1.29, 1.82) is 0 Å². The maximum atomic E-state index is 12.8. The highest BCUT2D eigenvalue weighted by Gasteiger charge is 2.47. The normalized spacial score (nSPS) is 14.4. The van der Waals surface area contributed by atoms with Crippen molar-refractivity contribution in [2.75, 3.05) is 20.8 Å². The molecular weight excluding hydrogens is 448 g/mol. The van der Waals surface area contributed by atoms with E-state index < -0.39 is 31.8 Å². The van der Waals surface area contributed by atoms with E-state index in [0.717, 1.165) is 12.0 Å². The number of carbonyl (C=O) groups is 2. The first kappa shape index (κ1) is 32.6. The van der Waals surface area contributed by atoms with Crippen molar-refractivity contribution in [3.8, 4) is 0 Å². The van der Waals surface area contributed by atoms with E-state index in [1.807, 2.05) is 19.1 Å². The van der Waals surface area contributed by atoms with Crippen LogP contribution in [0.5, 0.6) is 0 Å². The van der Waals surface area contributed by atoms with Crippen molar-refractivity contribution in [3.05, 3.63) is 23.8 Å². The van der Waals surface area contributed by atoms with Crippen LogP contribution in [0.1, 0.15) is 87.5 Å². The molecule has 6 nitrogen and oxygen atoms in total. The Morgan fingerprint density at radius 3 is 1.82 bits per heavy atom. The quantitative estimate of drug-likeness (QED) is 0.0878. The maximum absolute atomic E-state index is 12.8. The molecule has 0 aliphatic rings. The van der Waals surface area contributed by atoms with E-state index >= 15 is 0 Å². The van der Waals surface area contributed by atoms with Crippen LogP contribution in [-0.2, 0) is 23.5 Å². The summed E-state index contributed by atoms with van der Waals surface area (Å²) in [6, 6.07) is 0. The fourth-order valence-corrected chi connectivity index (χ4v) is 10.6. The lowest BCUT2D eigenvalue weighted by molar-refractivity contribution is -0.169. The fourth-order valence-electron chi connectivity index (χ4n) is 5.11. The molecular formula is C27H50O6Si. The van der Waals surface area contributed by atoms with E-state index in [1.165, 1.54) is 14.2 Å². The van der Waals surface area contributed by atoms with Crippen molar-refractivity contribution in [1.82, 2.24) is 0 Å². The Bertz CT molecular complexity index is 641. The number of hydrogen-bond acceptors (Lipinski definition) is 6. The zero-order valence-corrected chi connectivity index (χ0v) is 24.3. The summed E-state index contributed by atoms with van der Waals surface area (Å²) in [6.45, 7) is 17.8. The first-order valence-electron chi connectivity index (χ1n) is 12.6. The molecule has 0 radical (unpaired) electrons. The average molecular weight is 499 g/mol. The summed E-state index contributed by atoms with van der Waals surface area (Å²) in [6.07, 6.45) is 7.55. The SMILES string of the molecule is COC(=O)C(C/C=C(\C)C/C=C/C(C)O)(CCCCO[Si](C(C)C)(C(C)C)C(C)C)C(=O)OC. The molecule has 34 heavy (non-hydrogen) atoms. The van der Waals surface area contributed by atoms with Crippen molar-refractivity contribution < 1.29 is 28.6 Å². The molecule has 1 N–H and O–H groups in total. The fraction of sp³-hybridized carbons (Fsp3) is 0.778. The molecule has 1 unspecified atom stereocenters. The number of carbonyl (C=O) groups excluding carboxylic acids is 2. The molecule has 0 bridgehead atoms. The van der Waals surface area contributed by atoms with Gasteiger partial charge in [0.15, 0.2) is 13.7 Å². The van der Waals surface area contributed by atoms with Gasteiger partial charge in [-0.15, -0.1) is 0 Å². The smallest absolute Gasteiger partial charge is 0.323 e. The number of ether oxygens (including phenoxy) is 2. The van der Waals surface area contributed by atoms with Gasteiger partial charge in [0.05, 0.1) is 20.3 Å². The minimum atomic E-state index is -1.95. The molecule has 1 atom stereocenters. The third-order valence-electron chi connectivity index (χ3n) is 6.86. The third kappa shape index (κ3) is 8.97. The topological polar surface area (TPSA) is 82.1 Å². The van der Waals surface area contributed by atoms with Gasteiger partial charge in [-0.25, -0.2) is 0 Å². The highest BCUT2D eigenvalue weighted by Crippen LogP contribution is 2.42. The number of methoxy groups -OCH3 is 2. The Labute approximate surface area is 209 Å². The third-order valence-corrected chi connectivity index (χ3v) is 13.0. The molecule has 0 saturated carbocycles. The van der Waals surface area contributed by atoms with E-state index in [9.17, 15) is 14.7 Å². The minimum absolute atomic E-state index is 0.213. The summed E-state index contributed by atoms with van der Waals surface area (Å²) in [7, 11) is 0.660. The molecule has 0 aromatic rings. The number of unbranched alkanes of at least 4 members (excludes halogenated alkanes) is 1. The first-order chi connectivity index (χ1) is 15.8. The van der Waals surface area contributed by atoms with Crippen molar-refractivity contribution in [3.63, 3.8) is 0 Å². The summed E-state index contributed by atoms with van der Waals surface area (Å²) in [5.41, 5.74) is 1.15. The second-order valence-electron chi connectivity index (χ2n) is 10.3. The van der Waals surface area contributed by atoms with Gasteiger partial charge in [0.2, 0.25) is 0 Å². The summed E-state index contributed by atoms with van der Waals surface area (Å²) in [4.78, 5) is 25.6. The highest BCUT2D eigenvalue weighted by molar-refractivity contribution is 6.77. The minimum Gasteiger partial charge on any atom is -0.468 e. The van der Waals surface area contributed by atoms with Gasteiger partial charge in [-0.3, -0.25) is 9.59 Å². The van der Waals surface area contributed by atoms with Crippen molar-refractivity contribution in [2.24, 2.45) is 5.41 Å². The molecule has 0 saturated heterocycles. The van der Waals surface area contributed by atoms with E-state index in [0.29, 0.717) is 42.5 Å². The molecule has 0 rings (SSSR count). The first-order valence-corrected chi connectivity index (χ1v) is 14.8. The number of esters is 2. The standard InChI is InChI=1S/C27H50O6Si/c1-20(2)34(21(3)4,22(5)6)33-19-12-11-17-27(25(29)31-9,26(30)32-10)18-16-23(7)14-13-15-24(8)28/h13,15-16,20-22,24,28H,11-12,14,17-19H2,1-10H3/b15-13+,23-16+. The second kappa shape index (κ2) is 15.5.